The van der Waals surface area contributed by atoms with E-state index < -0.39 is 0 Å². The quantitative estimate of drug-likeness (QED) is 0.710. The van der Waals surface area contributed by atoms with Crippen LogP contribution in [0.1, 0.15) is 26.2 Å². The lowest BCUT2D eigenvalue weighted by Gasteiger charge is -2.30. The molecule has 0 spiro atoms. The Morgan fingerprint density at radius 1 is 1.29 bits per heavy atom. The SMILES string of the molecule is CCN1CCC(C(=O)NCCC(=O)NC)CC1. The predicted octanol–water partition coefficient (Wildman–Crippen LogP) is -0.0294. The number of nitrogens with one attached hydrogen (secondary N) is 2. The number of piperidine rings is 1. The van der Waals surface area contributed by atoms with Crippen molar-refractivity contribution in [2.75, 3.05) is 33.2 Å². The van der Waals surface area contributed by atoms with Crippen molar-refractivity contribution >= 4 is 11.8 Å². The minimum absolute atomic E-state index is 0.0360. The van der Waals surface area contributed by atoms with Gasteiger partial charge in [-0.2, -0.15) is 0 Å². The molecule has 2 amide bonds. The predicted molar refractivity (Wildman–Crippen MR) is 66.5 cm³/mol. The molecule has 1 rings (SSSR count). The summed E-state index contributed by atoms with van der Waals surface area (Å²) in [6, 6.07) is 0. The number of hydrogen-bond acceptors (Lipinski definition) is 3. The van der Waals surface area contributed by atoms with Gasteiger partial charge in [0.15, 0.2) is 0 Å². The number of likely N-dealkylation sites (tertiary alicyclic amines) is 1. The minimum atomic E-state index is -0.0360. The Labute approximate surface area is 103 Å². The van der Waals surface area contributed by atoms with Crippen molar-refractivity contribution < 1.29 is 9.59 Å². The second-order valence-corrected chi connectivity index (χ2v) is 4.42. The second kappa shape index (κ2) is 7.27. The summed E-state index contributed by atoms with van der Waals surface area (Å²) in [7, 11) is 1.60. The van der Waals surface area contributed by atoms with E-state index >= 15 is 0 Å². The van der Waals surface area contributed by atoms with E-state index in [-0.39, 0.29) is 17.7 Å². The Bertz CT molecular complexity index is 260. The van der Waals surface area contributed by atoms with Crippen LogP contribution in [0.3, 0.4) is 0 Å². The van der Waals surface area contributed by atoms with E-state index in [2.05, 4.69) is 22.5 Å². The summed E-state index contributed by atoms with van der Waals surface area (Å²) in [6.45, 7) is 5.65. The van der Waals surface area contributed by atoms with Crippen LogP contribution in [0.15, 0.2) is 0 Å². The lowest BCUT2D eigenvalue weighted by Crippen LogP contribution is -2.41. The molecule has 0 aliphatic carbocycles. The van der Waals surface area contributed by atoms with Crippen LogP contribution in [0, 0.1) is 5.92 Å². The molecule has 2 N–H and O–H groups in total. The standard InChI is InChI=1S/C12H23N3O2/c1-3-15-8-5-10(6-9-15)12(17)14-7-4-11(16)13-2/h10H,3-9H2,1-2H3,(H,13,16)(H,14,17). The highest BCUT2D eigenvalue weighted by molar-refractivity contribution is 5.80. The third-order valence-corrected chi connectivity index (χ3v) is 3.34. The number of carbonyl (C=O) groups excluding carboxylic acids is 2. The number of carbonyl (C=O) groups is 2. The van der Waals surface area contributed by atoms with Crippen molar-refractivity contribution in [1.29, 1.82) is 0 Å². The molecule has 1 fully saturated rings. The molecule has 0 saturated carbocycles. The monoisotopic (exact) mass is 241 g/mol. The Morgan fingerprint density at radius 2 is 1.94 bits per heavy atom. The van der Waals surface area contributed by atoms with Crippen LogP contribution in [0.2, 0.25) is 0 Å². The van der Waals surface area contributed by atoms with Gasteiger partial charge in [0.25, 0.3) is 0 Å². The largest absolute Gasteiger partial charge is 0.359 e. The van der Waals surface area contributed by atoms with Gasteiger partial charge < -0.3 is 15.5 Å². The molecule has 5 nitrogen and oxygen atoms in total. The highest BCUT2D eigenvalue weighted by atomic mass is 16.2. The molecule has 0 bridgehead atoms. The minimum Gasteiger partial charge on any atom is -0.359 e. The summed E-state index contributed by atoms with van der Waals surface area (Å²) in [6.07, 6.45) is 2.22. The molecule has 0 aromatic rings. The molecule has 1 saturated heterocycles. The van der Waals surface area contributed by atoms with Gasteiger partial charge >= 0.3 is 0 Å². The Kier molecular flexibility index (Phi) is 5.97. The summed E-state index contributed by atoms with van der Waals surface area (Å²) in [5.74, 6) is 0.193. The molecule has 1 heterocycles. The van der Waals surface area contributed by atoms with Gasteiger partial charge in [0.1, 0.15) is 0 Å². The molecule has 5 heteroatoms. The molecule has 0 unspecified atom stereocenters. The van der Waals surface area contributed by atoms with E-state index in [1.807, 2.05) is 0 Å². The molecule has 17 heavy (non-hydrogen) atoms. The molecule has 0 aromatic heterocycles. The van der Waals surface area contributed by atoms with E-state index in [4.69, 9.17) is 0 Å². The fourth-order valence-corrected chi connectivity index (χ4v) is 2.08. The van der Waals surface area contributed by atoms with E-state index in [1.54, 1.807) is 7.05 Å². The Hall–Kier alpha value is -1.10. The highest BCUT2D eigenvalue weighted by Gasteiger charge is 2.23. The van der Waals surface area contributed by atoms with Gasteiger partial charge in [0.05, 0.1) is 0 Å². The van der Waals surface area contributed by atoms with Gasteiger partial charge in [-0.1, -0.05) is 6.92 Å². The van der Waals surface area contributed by atoms with Crippen molar-refractivity contribution in [2.45, 2.75) is 26.2 Å². The summed E-state index contributed by atoms with van der Waals surface area (Å²) in [5.41, 5.74) is 0. The average molecular weight is 241 g/mol. The normalized spacial score (nSPS) is 17.8. The van der Waals surface area contributed by atoms with Crippen LogP contribution < -0.4 is 10.6 Å². The third kappa shape index (κ3) is 4.73. The molecular weight excluding hydrogens is 218 g/mol. The summed E-state index contributed by atoms with van der Waals surface area (Å²) in [4.78, 5) is 25.1. The molecule has 1 aliphatic heterocycles. The van der Waals surface area contributed by atoms with Crippen LogP contribution in [-0.2, 0) is 9.59 Å². The maximum atomic E-state index is 11.8. The van der Waals surface area contributed by atoms with E-state index in [1.165, 1.54) is 0 Å². The smallest absolute Gasteiger partial charge is 0.223 e. The Balaban J connectivity index is 2.18. The average Bonchev–Trinajstić information content (AvgIpc) is 2.38. The number of nitrogens with zero attached hydrogens (tertiary/aromatic N) is 1. The molecule has 98 valence electrons. The van der Waals surface area contributed by atoms with Gasteiger partial charge in [-0.25, -0.2) is 0 Å². The first kappa shape index (κ1) is 14.0. The number of hydrogen-bond donors (Lipinski definition) is 2. The van der Waals surface area contributed by atoms with Crippen LogP contribution in [0.4, 0.5) is 0 Å². The van der Waals surface area contributed by atoms with Crippen molar-refractivity contribution in [3.05, 3.63) is 0 Å². The second-order valence-electron chi connectivity index (χ2n) is 4.42. The van der Waals surface area contributed by atoms with E-state index in [9.17, 15) is 9.59 Å². The first-order valence-corrected chi connectivity index (χ1v) is 6.38. The molecule has 1 aliphatic rings. The summed E-state index contributed by atoms with van der Waals surface area (Å²) in [5, 5.41) is 5.37. The van der Waals surface area contributed by atoms with Gasteiger partial charge in [0, 0.05) is 25.9 Å². The molecular formula is C12H23N3O2. The maximum absolute atomic E-state index is 11.8. The van der Waals surface area contributed by atoms with E-state index in [0.717, 1.165) is 32.5 Å². The van der Waals surface area contributed by atoms with Crippen LogP contribution in [-0.4, -0.2) is 49.9 Å². The molecule has 0 atom stereocenters. The number of rotatable bonds is 5. The lowest BCUT2D eigenvalue weighted by atomic mass is 9.96. The van der Waals surface area contributed by atoms with Crippen molar-refractivity contribution in [3.8, 4) is 0 Å². The summed E-state index contributed by atoms with van der Waals surface area (Å²) < 4.78 is 0. The van der Waals surface area contributed by atoms with Gasteiger partial charge in [-0.3, -0.25) is 9.59 Å². The zero-order chi connectivity index (χ0) is 12.7. The zero-order valence-corrected chi connectivity index (χ0v) is 10.8. The van der Waals surface area contributed by atoms with E-state index in [0.29, 0.717) is 13.0 Å². The van der Waals surface area contributed by atoms with Crippen LogP contribution in [0.25, 0.3) is 0 Å². The maximum Gasteiger partial charge on any atom is 0.223 e. The first-order chi connectivity index (χ1) is 8.17. The first-order valence-electron chi connectivity index (χ1n) is 6.38. The molecule has 0 radical (unpaired) electrons. The van der Waals surface area contributed by atoms with Crippen LogP contribution in [0.5, 0.6) is 0 Å². The van der Waals surface area contributed by atoms with Gasteiger partial charge in [0.2, 0.25) is 11.8 Å². The highest BCUT2D eigenvalue weighted by Crippen LogP contribution is 2.16. The zero-order valence-electron chi connectivity index (χ0n) is 10.8. The fraction of sp³-hybridized carbons (Fsp3) is 0.833. The van der Waals surface area contributed by atoms with Crippen molar-refractivity contribution in [2.24, 2.45) is 5.92 Å². The molecule has 0 aromatic carbocycles. The third-order valence-electron chi connectivity index (χ3n) is 3.34. The van der Waals surface area contributed by atoms with Gasteiger partial charge in [-0.05, 0) is 32.5 Å². The fourth-order valence-electron chi connectivity index (χ4n) is 2.08. The summed E-state index contributed by atoms with van der Waals surface area (Å²) >= 11 is 0. The van der Waals surface area contributed by atoms with Gasteiger partial charge in [-0.15, -0.1) is 0 Å². The lowest BCUT2D eigenvalue weighted by molar-refractivity contribution is -0.126. The number of amides is 2. The topological polar surface area (TPSA) is 61.4 Å². The Morgan fingerprint density at radius 3 is 2.47 bits per heavy atom. The van der Waals surface area contributed by atoms with Crippen molar-refractivity contribution in [1.82, 2.24) is 15.5 Å². The van der Waals surface area contributed by atoms with Crippen molar-refractivity contribution in [3.63, 3.8) is 0 Å². The van der Waals surface area contributed by atoms with Crippen LogP contribution >= 0.6 is 0 Å².